The lowest BCUT2D eigenvalue weighted by atomic mass is 10.0. The SMILES string of the molecule is OCCCC(Nc1cc2ccccc2c(Cl)n1)c1ccccc1. The number of rotatable bonds is 6. The third-order valence-electron chi connectivity index (χ3n) is 3.87. The van der Waals surface area contributed by atoms with Crippen molar-refractivity contribution in [1.29, 1.82) is 0 Å². The zero-order valence-corrected chi connectivity index (χ0v) is 13.5. The van der Waals surface area contributed by atoms with Crippen LogP contribution in [0.3, 0.4) is 0 Å². The Morgan fingerprint density at radius 2 is 1.78 bits per heavy atom. The van der Waals surface area contributed by atoms with E-state index >= 15 is 0 Å². The van der Waals surface area contributed by atoms with Crippen molar-refractivity contribution in [3.63, 3.8) is 0 Å². The summed E-state index contributed by atoms with van der Waals surface area (Å²) in [7, 11) is 0. The highest BCUT2D eigenvalue weighted by atomic mass is 35.5. The topological polar surface area (TPSA) is 45.1 Å². The second-order valence-corrected chi connectivity index (χ2v) is 5.85. The van der Waals surface area contributed by atoms with E-state index in [1.807, 2.05) is 48.5 Å². The molecule has 2 aromatic carbocycles. The van der Waals surface area contributed by atoms with Crippen LogP contribution in [0.1, 0.15) is 24.4 Å². The molecule has 0 aliphatic carbocycles. The summed E-state index contributed by atoms with van der Waals surface area (Å²) in [4.78, 5) is 4.47. The van der Waals surface area contributed by atoms with Crippen LogP contribution < -0.4 is 5.32 Å². The van der Waals surface area contributed by atoms with E-state index in [0.717, 1.165) is 29.4 Å². The van der Waals surface area contributed by atoms with Crippen LogP contribution in [0.5, 0.6) is 0 Å². The normalized spacial score (nSPS) is 12.3. The molecule has 4 heteroatoms. The Hall–Kier alpha value is -2.10. The minimum absolute atomic E-state index is 0.0908. The lowest BCUT2D eigenvalue weighted by molar-refractivity contribution is 0.281. The minimum atomic E-state index is 0.0908. The van der Waals surface area contributed by atoms with Gasteiger partial charge in [-0.2, -0.15) is 0 Å². The lowest BCUT2D eigenvalue weighted by Gasteiger charge is -2.20. The molecule has 1 heterocycles. The second-order valence-electron chi connectivity index (χ2n) is 5.49. The first-order chi connectivity index (χ1) is 11.3. The van der Waals surface area contributed by atoms with Crippen molar-refractivity contribution in [2.75, 3.05) is 11.9 Å². The number of halogens is 1. The largest absolute Gasteiger partial charge is 0.396 e. The first-order valence-electron chi connectivity index (χ1n) is 7.75. The van der Waals surface area contributed by atoms with Gasteiger partial charge in [-0.3, -0.25) is 0 Å². The van der Waals surface area contributed by atoms with E-state index in [4.69, 9.17) is 16.7 Å². The molecule has 0 radical (unpaired) electrons. The van der Waals surface area contributed by atoms with E-state index in [1.54, 1.807) is 0 Å². The summed E-state index contributed by atoms with van der Waals surface area (Å²) in [6.45, 7) is 0.177. The Morgan fingerprint density at radius 3 is 2.57 bits per heavy atom. The van der Waals surface area contributed by atoms with E-state index < -0.39 is 0 Å². The van der Waals surface area contributed by atoms with Crippen LogP contribution in [-0.2, 0) is 0 Å². The van der Waals surface area contributed by atoms with Gasteiger partial charge in [0.05, 0.1) is 6.04 Å². The maximum absolute atomic E-state index is 9.15. The number of anilines is 1. The molecule has 3 aromatic rings. The van der Waals surface area contributed by atoms with Crippen molar-refractivity contribution in [2.24, 2.45) is 0 Å². The molecule has 0 bridgehead atoms. The Kier molecular flexibility index (Phi) is 5.11. The molecular weight excluding hydrogens is 308 g/mol. The van der Waals surface area contributed by atoms with Crippen molar-refractivity contribution in [1.82, 2.24) is 4.98 Å². The first-order valence-corrected chi connectivity index (χ1v) is 8.13. The molecule has 2 N–H and O–H groups in total. The summed E-state index contributed by atoms with van der Waals surface area (Å²) in [6.07, 6.45) is 1.56. The summed E-state index contributed by atoms with van der Waals surface area (Å²) >= 11 is 6.30. The molecular formula is C19H19ClN2O. The van der Waals surface area contributed by atoms with Gasteiger partial charge in [-0.1, -0.05) is 66.2 Å². The molecule has 0 amide bonds. The van der Waals surface area contributed by atoms with E-state index in [1.165, 1.54) is 5.56 Å². The number of pyridine rings is 1. The Balaban J connectivity index is 1.90. The minimum Gasteiger partial charge on any atom is -0.396 e. The number of nitrogens with zero attached hydrogens (tertiary/aromatic N) is 1. The van der Waals surface area contributed by atoms with Gasteiger partial charge in [-0.25, -0.2) is 4.98 Å². The second kappa shape index (κ2) is 7.44. The number of hydrogen-bond donors (Lipinski definition) is 2. The van der Waals surface area contributed by atoms with Gasteiger partial charge in [0.1, 0.15) is 11.0 Å². The summed E-state index contributed by atoms with van der Waals surface area (Å²) in [5.74, 6) is 0.750. The van der Waals surface area contributed by atoms with Crippen molar-refractivity contribution >= 4 is 28.2 Å². The van der Waals surface area contributed by atoms with Crippen LogP contribution in [0.2, 0.25) is 5.15 Å². The fraction of sp³-hybridized carbons (Fsp3) is 0.211. The van der Waals surface area contributed by atoms with Gasteiger partial charge >= 0.3 is 0 Å². The van der Waals surface area contributed by atoms with Crippen LogP contribution in [0, 0.1) is 0 Å². The van der Waals surface area contributed by atoms with E-state index in [2.05, 4.69) is 22.4 Å². The van der Waals surface area contributed by atoms with Crippen molar-refractivity contribution in [2.45, 2.75) is 18.9 Å². The van der Waals surface area contributed by atoms with Crippen LogP contribution in [-0.4, -0.2) is 16.7 Å². The zero-order valence-electron chi connectivity index (χ0n) is 12.7. The summed E-state index contributed by atoms with van der Waals surface area (Å²) < 4.78 is 0. The Morgan fingerprint density at radius 1 is 1.04 bits per heavy atom. The maximum atomic E-state index is 9.15. The van der Waals surface area contributed by atoms with Gasteiger partial charge in [0, 0.05) is 12.0 Å². The molecule has 0 aliphatic heterocycles. The zero-order chi connectivity index (χ0) is 16.1. The van der Waals surface area contributed by atoms with Gasteiger partial charge in [0.15, 0.2) is 0 Å². The van der Waals surface area contributed by atoms with Crippen molar-refractivity contribution in [3.05, 3.63) is 71.4 Å². The average Bonchev–Trinajstić information content (AvgIpc) is 2.59. The van der Waals surface area contributed by atoms with Crippen molar-refractivity contribution < 1.29 is 5.11 Å². The summed E-state index contributed by atoms with van der Waals surface area (Å²) in [5.41, 5.74) is 1.17. The third-order valence-corrected chi connectivity index (χ3v) is 4.16. The highest BCUT2D eigenvalue weighted by Gasteiger charge is 2.13. The van der Waals surface area contributed by atoms with Gasteiger partial charge < -0.3 is 10.4 Å². The van der Waals surface area contributed by atoms with Gasteiger partial charge in [0.2, 0.25) is 0 Å². The first kappa shape index (κ1) is 15.8. The van der Waals surface area contributed by atoms with Gasteiger partial charge in [-0.15, -0.1) is 0 Å². The number of fused-ring (bicyclic) bond motifs is 1. The number of aliphatic hydroxyl groups is 1. The molecule has 23 heavy (non-hydrogen) atoms. The molecule has 0 spiro atoms. The monoisotopic (exact) mass is 326 g/mol. The number of nitrogens with one attached hydrogen (secondary N) is 1. The van der Waals surface area contributed by atoms with Crippen LogP contribution in [0.15, 0.2) is 60.7 Å². The number of hydrogen-bond acceptors (Lipinski definition) is 3. The quantitative estimate of drug-likeness (QED) is 0.639. The highest BCUT2D eigenvalue weighted by molar-refractivity contribution is 6.34. The van der Waals surface area contributed by atoms with E-state index in [9.17, 15) is 0 Å². The number of benzene rings is 2. The number of aromatic nitrogens is 1. The predicted octanol–water partition coefficient (Wildman–Crippen LogP) is 4.81. The Labute approximate surface area is 140 Å². The molecule has 1 aromatic heterocycles. The molecule has 0 fully saturated rings. The van der Waals surface area contributed by atoms with Crippen LogP contribution in [0.25, 0.3) is 10.8 Å². The molecule has 1 unspecified atom stereocenters. The molecule has 0 saturated heterocycles. The average molecular weight is 327 g/mol. The van der Waals surface area contributed by atoms with Crippen LogP contribution >= 0.6 is 11.6 Å². The molecule has 118 valence electrons. The smallest absolute Gasteiger partial charge is 0.139 e. The van der Waals surface area contributed by atoms with Crippen LogP contribution in [0.4, 0.5) is 5.82 Å². The van der Waals surface area contributed by atoms with E-state index in [0.29, 0.717) is 5.15 Å². The lowest BCUT2D eigenvalue weighted by Crippen LogP contribution is -2.12. The summed E-state index contributed by atoms with van der Waals surface area (Å²) in [5, 5.41) is 15.1. The molecule has 3 rings (SSSR count). The van der Waals surface area contributed by atoms with Gasteiger partial charge in [-0.05, 0) is 29.9 Å². The highest BCUT2D eigenvalue weighted by Crippen LogP contribution is 2.28. The fourth-order valence-electron chi connectivity index (χ4n) is 2.71. The maximum Gasteiger partial charge on any atom is 0.139 e. The molecule has 3 nitrogen and oxygen atoms in total. The molecule has 0 saturated carbocycles. The van der Waals surface area contributed by atoms with Gasteiger partial charge in [0.25, 0.3) is 0 Å². The number of aliphatic hydroxyl groups excluding tert-OH is 1. The molecule has 1 atom stereocenters. The standard InChI is InChI=1S/C19H19ClN2O/c20-19-16-10-5-4-9-15(16)13-18(22-19)21-17(11-6-12-23)14-7-2-1-3-8-14/h1-5,7-10,13,17,23H,6,11-12H2,(H,21,22). The predicted molar refractivity (Wildman–Crippen MR) is 95.9 cm³/mol. The fourth-order valence-corrected chi connectivity index (χ4v) is 2.97. The summed E-state index contributed by atoms with van der Waals surface area (Å²) in [6, 6.07) is 20.2. The third kappa shape index (κ3) is 3.81. The Bertz CT molecular complexity index is 777. The van der Waals surface area contributed by atoms with E-state index in [-0.39, 0.29) is 12.6 Å². The van der Waals surface area contributed by atoms with Crippen molar-refractivity contribution in [3.8, 4) is 0 Å². The molecule has 0 aliphatic rings.